The van der Waals surface area contributed by atoms with Crippen LogP contribution in [0.1, 0.15) is 31.2 Å². The molecule has 2 aliphatic heterocycles. The fourth-order valence-corrected chi connectivity index (χ4v) is 3.49. The number of urea groups is 1. The smallest absolute Gasteiger partial charge is 0.315 e. The predicted molar refractivity (Wildman–Crippen MR) is 83.8 cm³/mol. The molecule has 0 bridgehead atoms. The normalized spacial score (nSPS) is 24.6. The van der Waals surface area contributed by atoms with Crippen molar-refractivity contribution in [1.29, 1.82) is 0 Å². The molecule has 22 heavy (non-hydrogen) atoms. The Kier molecular flexibility index (Phi) is 4.77. The van der Waals surface area contributed by atoms with Crippen molar-refractivity contribution in [3.05, 3.63) is 23.9 Å². The Morgan fingerprint density at radius 3 is 3.18 bits per heavy atom. The first-order valence-corrected chi connectivity index (χ1v) is 8.03. The fourth-order valence-electron chi connectivity index (χ4n) is 3.49. The summed E-state index contributed by atoms with van der Waals surface area (Å²) in [6, 6.07) is 4.43. The Balaban J connectivity index is 1.48. The lowest BCUT2D eigenvalue weighted by Gasteiger charge is -2.32. The van der Waals surface area contributed by atoms with Crippen LogP contribution < -0.4 is 15.4 Å². The van der Waals surface area contributed by atoms with E-state index in [1.807, 2.05) is 12.1 Å². The van der Waals surface area contributed by atoms with Crippen LogP contribution in [-0.2, 0) is 6.54 Å². The van der Waals surface area contributed by atoms with E-state index in [2.05, 4.69) is 20.5 Å². The third-order valence-electron chi connectivity index (χ3n) is 4.63. The molecule has 3 rings (SSSR count). The zero-order valence-electron chi connectivity index (χ0n) is 13.0. The second-order valence-electron chi connectivity index (χ2n) is 6.03. The molecular weight excluding hydrogens is 280 g/mol. The van der Waals surface area contributed by atoms with Gasteiger partial charge in [-0.15, -0.1) is 0 Å². The average Bonchev–Trinajstić information content (AvgIpc) is 2.96. The SMILES string of the molecule is COc1cc(CNC(=O)N[C@@H]2CCN3CCCC[C@H]23)ccn1. The molecule has 2 saturated heterocycles. The van der Waals surface area contributed by atoms with Gasteiger partial charge in [-0.25, -0.2) is 9.78 Å². The number of carbonyl (C=O) groups is 1. The molecule has 2 fully saturated rings. The Hall–Kier alpha value is -1.82. The summed E-state index contributed by atoms with van der Waals surface area (Å²) in [4.78, 5) is 18.7. The van der Waals surface area contributed by atoms with Gasteiger partial charge < -0.3 is 15.4 Å². The van der Waals surface area contributed by atoms with Gasteiger partial charge in [-0.2, -0.15) is 0 Å². The minimum Gasteiger partial charge on any atom is -0.481 e. The average molecular weight is 304 g/mol. The lowest BCUT2D eigenvalue weighted by atomic mass is 9.99. The van der Waals surface area contributed by atoms with Gasteiger partial charge in [0.05, 0.1) is 7.11 Å². The van der Waals surface area contributed by atoms with Crippen LogP contribution in [0.3, 0.4) is 0 Å². The van der Waals surface area contributed by atoms with Gasteiger partial charge in [-0.1, -0.05) is 6.42 Å². The number of ether oxygens (including phenoxy) is 1. The summed E-state index contributed by atoms with van der Waals surface area (Å²) in [7, 11) is 1.59. The summed E-state index contributed by atoms with van der Waals surface area (Å²) < 4.78 is 5.08. The highest BCUT2D eigenvalue weighted by atomic mass is 16.5. The zero-order valence-corrected chi connectivity index (χ0v) is 13.0. The number of hydrogen-bond acceptors (Lipinski definition) is 4. The van der Waals surface area contributed by atoms with E-state index in [4.69, 9.17) is 4.74 Å². The number of pyridine rings is 1. The van der Waals surface area contributed by atoms with Crippen molar-refractivity contribution in [3.63, 3.8) is 0 Å². The van der Waals surface area contributed by atoms with Crippen LogP contribution >= 0.6 is 0 Å². The van der Waals surface area contributed by atoms with Crippen molar-refractivity contribution in [2.75, 3.05) is 20.2 Å². The highest BCUT2D eigenvalue weighted by Crippen LogP contribution is 2.26. The van der Waals surface area contributed by atoms with Gasteiger partial charge in [-0.05, 0) is 37.4 Å². The largest absolute Gasteiger partial charge is 0.481 e. The number of nitrogens with zero attached hydrogens (tertiary/aromatic N) is 2. The van der Waals surface area contributed by atoms with Crippen molar-refractivity contribution in [2.45, 2.75) is 44.3 Å². The highest BCUT2D eigenvalue weighted by molar-refractivity contribution is 5.74. The van der Waals surface area contributed by atoms with E-state index in [1.165, 1.54) is 25.8 Å². The first-order chi connectivity index (χ1) is 10.8. The molecule has 2 amide bonds. The summed E-state index contributed by atoms with van der Waals surface area (Å²) in [5.41, 5.74) is 0.979. The number of carbonyl (C=O) groups excluding carboxylic acids is 1. The first-order valence-electron chi connectivity index (χ1n) is 8.03. The van der Waals surface area contributed by atoms with Crippen LogP contribution in [-0.4, -0.2) is 48.2 Å². The maximum Gasteiger partial charge on any atom is 0.315 e. The van der Waals surface area contributed by atoms with Crippen molar-refractivity contribution < 1.29 is 9.53 Å². The molecule has 0 unspecified atom stereocenters. The van der Waals surface area contributed by atoms with E-state index in [0.717, 1.165) is 18.5 Å². The van der Waals surface area contributed by atoms with Crippen LogP contribution in [0.2, 0.25) is 0 Å². The summed E-state index contributed by atoms with van der Waals surface area (Å²) >= 11 is 0. The van der Waals surface area contributed by atoms with Crippen LogP contribution in [0.5, 0.6) is 5.88 Å². The molecule has 0 radical (unpaired) electrons. The van der Waals surface area contributed by atoms with Crippen molar-refractivity contribution >= 4 is 6.03 Å². The highest BCUT2D eigenvalue weighted by Gasteiger charge is 2.36. The van der Waals surface area contributed by atoms with Crippen molar-refractivity contribution in [3.8, 4) is 5.88 Å². The van der Waals surface area contributed by atoms with E-state index in [0.29, 0.717) is 18.5 Å². The molecule has 2 aliphatic rings. The number of aromatic nitrogens is 1. The second kappa shape index (κ2) is 6.96. The molecule has 2 atom stereocenters. The van der Waals surface area contributed by atoms with Crippen LogP contribution in [0.4, 0.5) is 4.79 Å². The molecule has 0 aromatic carbocycles. The number of piperidine rings is 1. The fraction of sp³-hybridized carbons (Fsp3) is 0.625. The molecule has 0 saturated carbocycles. The van der Waals surface area contributed by atoms with Crippen LogP contribution in [0, 0.1) is 0 Å². The monoisotopic (exact) mass is 304 g/mol. The Bertz CT molecular complexity index is 523. The molecular formula is C16H24N4O2. The van der Waals surface area contributed by atoms with E-state index in [1.54, 1.807) is 13.3 Å². The van der Waals surface area contributed by atoms with Gasteiger partial charge in [0, 0.05) is 37.4 Å². The summed E-state index contributed by atoms with van der Waals surface area (Å²) in [6.07, 6.45) is 6.51. The van der Waals surface area contributed by atoms with Crippen molar-refractivity contribution in [1.82, 2.24) is 20.5 Å². The number of hydrogen-bond donors (Lipinski definition) is 2. The van der Waals surface area contributed by atoms with Crippen LogP contribution in [0.15, 0.2) is 18.3 Å². The van der Waals surface area contributed by atoms with Gasteiger partial charge in [0.15, 0.2) is 0 Å². The van der Waals surface area contributed by atoms with Gasteiger partial charge in [-0.3, -0.25) is 4.90 Å². The minimum absolute atomic E-state index is 0.0896. The number of nitrogens with one attached hydrogen (secondary N) is 2. The number of amides is 2. The van der Waals surface area contributed by atoms with Gasteiger partial charge in [0.2, 0.25) is 5.88 Å². The molecule has 120 valence electrons. The minimum atomic E-state index is -0.0896. The van der Waals surface area contributed by atoms with Gasteiger partial charge in [0.1, 0.15) is 0 Å². The van der Waals surface area contributed by atoms with E-state index >= 15 is 0 Å². The molecule has 2 N–H and O–H groups in total. The zero-order chi connectivity index (χ0) is 15.4. The molecule has 6 heteroatoms. The first kappa shape index (κ1) is 15.1. The molecule has 3 heterocycles. The van der Waals surface area contributed by atoms with Gasteiger partial charge in [0.25, 0.3) is 0 Å². The summed E-state index contributed by atoms with van der Waals surface area (Å²) in [6.45, 7) is 2.77. The number of methoxy groups -OCH3 is 1. The topological polar surface area (TPSA) is 66.5 Å². The number of rotatable bonds is 4. The molecule has 6 nitrogen and oxygen atoms in total. The van der Waals surface area contributed by atoms with E-state index in [-0.39, 0.29) is 12.1 Å². The molecule has 0 aliphatic carbocycles. The lowest BCUT2D eigenvalue weighted by molar-refractivity contribution is 0.179. The van der Waals surface area contributed by atoms with Crippen LogP contribution in [0.25, 0.3) is 0 Å². The van der Waals surface area contributed by atoms with E-state index in [9.17, 15) is 4.79 Å². The maximum absolute atomic E-state index is 12.1. The van der Waals surface area contributed by atoms with Crippen molar-refractivity contribution in [2.24, 2.45) is 0 Å². The lowest BCUT2D eigenvalue weighted by Crippen LogP contribution is -2.49. The molecule has 1 aromatic heterocycles. The quantitative estimate of drug-likeness (QED) is 0.885. The summed E-state index contributed by atoms with van der Waals surface area (Å²) in [5.74, 6) is 0.563. The second-order valence-corrected chi connectivity index (χ2v) is 6.03. The Labute approximate surface area is 131 Å². The van der Waals surface area contributed by atoms with E-state index < -0.39 is 0 Å². The Morgan fingerprint density at radius 2 is 2.32 bits per heavy atom. The standard InChI is InChI=1S/C16H24N4O2/c1-22-15-10-12(5-7-17-15)11-18-16(21)19-13-6-9-20-8-3-2-4-14(13)20/h5,7,10,13-14H,2-4,6,8-9,11H2,1H3,(H2,18,19,21)/t13-,14-/m1/s1. The predicted octanol–water partition coefficient (Wildman–Crippen LogP) is 1.52. The molecule has 1 aromatic rings. The third-order valence-corrected chi connectivity index (χ3v) is 4.63. The summed E-state index contributed by atoms with van der Waals surface area (Å²) in [5, 5.41) is 6.06. The maximum atomic E-state index is 12.1. The number of fused-ring (bicyclic) bond motifs is 1. The van der Waals surface area contributed by atoms with Gasteiger partial charge >= 0.3 is 6.03 Å². The Morgan fingerprint density at radius 1 is 1.41 bits per heavy atom. The molecule has 0 spiro atoms. The third kappa shape index (κ3) is 3.50.